The number of aromatic nitrogens is 2. The van der Waals surface area contributed by atoms with Gasteiger partial charge in [0.1, 0.15) is 5.75 Å². The van der Waals surface area contributed by atoms with Crippen molar-refractivity contribution in [3.05, 3.63) is 42.3 Å². The first-order valence-electron chi connectivity index (χ1n) is 7.11. The Balaban J connectivity index is 1.92. The second-order valence-electron chi connectivity index (χ2n) is 4.44. The Morgan fingerprint density at radius 2 is 1.96 bits per heavy atom. The first-order chi connectivity index (χ1) is 11.6. The third-order valence-electron chi connectivity index (χ3n) is 2.78. The molecular formula is C16H16N2O6. The lowest BCUT2D eigenvalue weighted by Crippen LogP contribution is -2.04. The van der Waals surface area contributed by atoms with E-state index in [0.717, 1.165) is 12.2 Å². The second kappa shape index (κ2) is 8.47. The molecule has 1 heterocycles. The SMILES string of the molecule is CCOC(=O)C=CC(=O)OCc1nc(-c2cccc(OC)c2)no1. The fourth-order valence-electron chi connectivity index (χ4n) is 1.70. The van der Waals surface area contributed by atoms with Crippen molar-refractivity contribution in [2.24, 2.45) is 0 Å². The monoisotopic (exact) mass is 332 g/mol. The van der Waals surface area contributed by atoms with Crippen molar-refractivity contribution in [3.8, 4) is 17.1 Å². The van der Waals surface area contributed by atoms with Crippen molar-refractivity contribution in [3.63, 3.8) is 0 Å². The van der Waals surface area contributed by atoms with Crippen LogP contribution in [0.25, 0.3) is 11.4 Å². The molecule has 0 amide bonds. The van der Waals surface area contributed by atoms with Gasteiger partial charge in [0.05, 0.1) is 13.7 Å². The molecule has 0 unspecified atom stereocenters. The van der Waals surface area contributed by atoms with Crippen molar-refractivity contribution in [1.29, 1.82) is 0 Å². The summed E-state index contributed by atoms with van der Waals surface area (Å²) in [7, 11) is 1.56. The van der Waals surface area contributed by atoms with Gasteiger partial charge in [-0.15, -0.1) is 0 Å². The average Bonchev–Trinajstić information content (AvgIpc) is 3.07. The van der Waals surface area contributed by atoms with Gasteiger partial charge in [-0.25, -0.2) is 9.59 Å². The normalized spacial score (nSPS) is 10.6. The number of rotatable bonds is 7. The lowest BCUT2D eigenvalue weighted by Gasteiger charge is -2.00. The van der Waals surface area contributed by atoms with Crippen LogP contribution in [-0.4, -0.2) is 35.8 Å². The molecule has 2 aromatic rings. The van der Waals surface area contributed by atoms with Crippen LogP contribution in [0.4, 0.5) is 0 Å². The summed E-state index contributed by atoms with van der Waals surface area (Å²) in [5.41, 5.74) is 0.706. The zero-order valence-electron chi connectivity index (χ0n) is 13.2. The number of nitrogens with zero attached hydrogens (tertiary/aromatic N) is 2. The molecule has 0 aliphatic carbocycles. The molecule has 126 valence electrons. The van der Waals surface area contributed by atoms with Gasteiger partial charge in [0.2, 0.25) is 5.82 Å². The van der Waals surface area contributed by atoms with E-state index in [2.05, 4.69) is 14.9 Å². The molecular weight excluding hydrogens is 316 g/mol. The standard InChI is InChI=1S/C16H16N2O6/c1-3-22-14(19)7-8-15(20)23-10-13-17-16(18-24-13)11-5-4-6-12(9-11)21-2/h4-9H,3,10H2,1-2H3. The van der Waals surface area contributed by atoms with E-state index < -0.39 is 11.9 Å². The van der Waals surface area contributed by atoms with Crippen LogP contribution < -0.4 is 4.74 Å². The first kappa shape index (κ1) is 17.2. The van der Waals surface area contributed by atoms with Gasteiger partial charge < -0.3 is 18.7 Å². The van der Waals surface area contributed by atoms with Gasteiger partial charge in [0.25, 0.3) is 5.89 Å². The maximum Gasteiger partial charge on any atom is 0.331 e. The summed E-state index contributed by atoms with van der Waals surface area (Å²) < 4.78 is 19.7. The van der Waals surface area contributed by atoms with Crippen molar-refractivity contribution >= 4 is 11.9 Å². The number of ether oxygens (including phenoxy) is 3. The van der Waals surface area contributed by atoms with Crippen LogP contribution >= 0.6 is 0 Å². The van der Waals surface area contributed by atoms with Gasteiger partial charge in [-0.05, 0) is 19.1 Å². The van der Waals surface area contributed by atoms with Gasteiger partial charge in [-0.1, -0.05) is 17.3 Å². The van der Waals surface area contributed by atoms with E-state index in [0.29, 0.717) is 17.1 Å². The third kappa shape index (κ3) is 4.94. The van der Waals surface area contributed by atoms with Crippen molar-refractivity contribution in [2.75, 3.05) is 13.7 Å². The summed E-state index contributed by atoms with van der Waals surface area (Å²) in [6, 6.07) is 7.14. The van der Waals surface area contributed by atoms with Gasteiger partial charge in [-0.2, -0.15) is 4.98 Å². The Labute approximate surface area is 138 Å². The zero-order chi connectivity index (χ0) is 17.4. The predicted octanol–water partition coefficient (Wildman–Crippen LogP) is 1.91. The second-order valence-corrected chi connectivity index (χ2v) is 4.44. The first-order valence-corrected chi connectivity index (χ1v) is 7.11. The summed E-state index contributed by atoms with van der Waals surface area (Å²) in [6.45, 7) is 1.69. The van der Waals surface area contributed by atoms with Gasteiger partial charge >= 0.3 is 11.9 Å². The Hall–Kier alpha value is -3.16. The fraction of sp³-hybridized carbons (Fsp3) is 0.250. The molecule has 0 bridgehead atoms. The zero-order valence-corrected chi connectivity index (χ0v) is 13.2. The van der Waals surface area contributed by atoms with Crippen LogP contribution in [0.15, 0.2) is 40.9 Å². The van der Waals surface area contributed by atoms with Crippen LogP contribution in [0.1, 0.15) is 12.8 Å². The minimum atomic E-state index is -0.718. The van der Waals surface area contributed by atoms with Crippen LogP contribution in [0.2, 0.25) is 0 Å². The van der Waals surface area contributed by atoms with E-state index in [4.69, 9.17) is 14.0 Å². The minimum Gasteiger partial charge on any atom is -0.497 e. The largest absolute Gasteiger partial charge is 0.497 e. The molecule has 0 spiro atoms. The summed E-state index contributed by atoms with van der Waals surface area (Å²) in [5.74, 6) is -0.196. The highest BCUT2D eigenvalue weighted by Gasteiger charge is 2.11. The highest BCUT2D eigenvalue weighted by molar-refractivity contribution is 5.91. The summed E-state index contributed by atoms with van der Waals surface area (Å²) in [4.78, 5) is 26.7. The molecule has 0 atom stereocenters. The molecule has 0 fully saturated rings. The highest BCUT2D eigenvalue weighted by Crippen LogP contribution is 2.21. The molecule has 0 saturated carbocycles. The molecule has 8 nitrogen and oxygen atoms in total. The predicted molar refractivity (Wildman–Crippen MR) is 81.9 cm³/mol. The van der Waals surface area contributed by atoms with E-state index >= 15 is 0 Å². The van der Waals surface area contributed by atoms with Gasteiger partial charge in [0, 0.05) is 17.7 Å². The number of methoxy groups -OCH3 is 1. The van der Waals surface area contributed by atoms with E-state index in [1.807, 2.05) is 0 Å². The lowest BCUT2D eigenvalue weighted by atomic mass is 10.2. The lowest BCUT2D eigenvalue weighted by molar-refractivity contribution is -0.141. The van der Waals surface area contributed by atoms with Crippen LogP contribution in [0.5, 0.6) is 5.75 Å². The van der Waals surface area contributed by atoms with E-state index in [-0.39, 0.29) is 19.1 Å². The molecule has 1 aromatic heterocycles. The molecule has 1 aromatic carbocycles. The molecule has 0 N–H and O–H groups in total. The maximum atomic E-state index is 11.5. The molecule has 0 aliphatic heterocycles. The molecule has 8 heteroatoms. The summed E-state index contributed by atoms with van der Waals surface area (Å²) in [5, 5.41) is 3.81. The van der Waals surface area contributed by atoms with Crippen LogP contribution in [0, 0.1) is 0 Å². The van der Waals surface area contributed by atoms with Crippen molar-refractivity contribution in [2.45, 2.75) is 13.5 Å². The summed E-state index contributed by atoms with van der Waals surface area (Å²) in [6.07, 6.45) is 1.96. The molecule has 2 rings (SSSR count). The number of hydrogen-bond donors (Lipinski definition) is 0. The van der Waals surface area contributed by atoms with Crippen LogP contribution in [0.3, 0.4) is 0 Å². The van der Waals surface area contributed by atoms with E-state index in [1.165, 1.54) is 0 Å². The number of benzene rings is 1. The van der Waals surface area contributed by atoms with Gasteiger partial charge in [-0.3, -0.25) is 0 Å². The number of carbonyl (C=O) groups excluding carboxylic acids is 2. The smallest absolute Gasteiger partial charge is 0.331 e. The fourth-order valence-corrected chi connectivity index (χ4v) is 1.70. The topological polar surface area (TPSA) is 101 Å². The Morgan fingerprint density at radius 1 is 1.21 bits per heavy atom. The third-order valence-corrected chi connectivity index (χ3v) is 2.78. The van der Waals surface area contributed by atoms with E-state index in [1.54, 1.807) is 38.3 Å². The molecule has 0 radical (unpaired) electrons. The molecule has 24 heavy (non-hydrogen) atoms. The Morgan fingerprint density at radius 3 is 2.67 bits per heavy atom. The quantitative estimate of drug-likeness (QED) is 0.560. The number of esters is 2. The number of carbonyl (C=O) groups is 2. The van der Waals surface area contributed by atoms with Crippen molar-refractivity contribution < 1.29 is 28.3 Å². The van der Waals surface area contributed by atoms with Gasteiger partial charge in [0.15, 0.2) is 6.61 Å². The van der Waals surface area contributed by atoms with E-state index in [9.17, 15) is 9.59 Å². The summed E-state index contributed by atoms with van der Waals surface area (Å²) >= 11 is 0. The average molecular weight is 332 g/mol. The Bertz CT molecular complexity index is 738. The highest BCUT2D eigenvalue weighted by atomic mass is 16.6. The van der Waals surface area contributed by atoms with Crippen LogP contribution in [-0.2, 0) is 25.7 Å². The molecule has 0 aliphatic rings. The molecule has 0 saturated heterocycles. The number of hydrogen-bond acceptors (Lipinski definition) is 8. The van der Waals surface area contributed by atoms with Crippen molar-refractivity contribution in [1.82, 2.24) is 10.1 Å². The minimum absolute atomic E-state index is 0.130. The maximum absolute atomic E-state index is 11.5. The Kier molecular flexibility index (Phi) is 6.07.